The molecule has 0 radical (unpaired) electrons. The second-order valence-electron chi connectivity index (χ2n) is 15.9. The van der Waals surface area contributed by atoms with E-state index in [-0.39, 0.29) is 0 Å². The van der Waals surface area contributed by atoms with E-state index < -0.39 is 0 Å². The molecule has 0 bridgehead atoms. The fraction of sp³-hybridized carbons (Fsp3) is 0. The van der Waals surface area contributed by atoms with Gasteiger partial charge in [-0.2, -0.15) is 0 Å². The molecule has 6 heteroatoms. The summed E-state index contributed by atoms with van der Waals surface area (Å²) in [5.41, 5.74) is 13.8. The predicted octanol–water partition coefficient (Wildman–Crippen LogP) is 15.1. The number of rotatable bonds is 6. The molecular weight excluding hydrogens is 773 g/mol. The van der Waals surface area contributed by atoms with E-state index in [1.54, 1.807) is 0 Å². The van der Waals surface area contributed by atoms with Crippen LogP contribution in [0.25, 0.3) is 128 Å². The van der Waals surface area contributed by atoms with E-state index >= 15 is 0 Å². The summed E-state index contributed by atoms with van der Waals surface area (Å²) in [6, 6.07) is 71.5. The molecule has 9 aromatic carbocycles. The molecule has 13 aromatic rings. The van der Waals surface area contributed by atoms with Crippen LogP contribution in [0.3, 0.4) is 0 Å². The van der Waals surface area contributed by atoms with Gasteiger partial charge in [0.2, 0.25) is 0 Å². The zero-order chi connectivity index (χ0) is 41.4. The highest BCUT2D eigenvalue weighted by Crippen LogP contribution is 2.43. The minimum atomic E-state index is 0.583. The van der Waals surface area contributed by atoms with E-state index in [1.807, 2.05) is 72.8 Å². The van der Waals surface area contributed by atoms with Gasteiger partial charge in [0, 0.05) is 60.8 Å². The Hall–Kier alpha value is -8.61. The molecule has 4 aromatic heterocycles. The highest BCUT2D eigenvalue weighted by Gasteiger charge is 2.21. The molecule has 0 saturated carbocycles. The van der Waals surface area contributed by atoms with Gasteiger partial charge in [0.25, 0.3) is 0 Å². The molecule has 0 N–H and O–H groups in total. The second-order valence-corrected chi connectivity index (χ2v) is 15.9. The first kappa shape index (κ1) is 35.2. The molecule has 0 aliphatic carbocycles. The Morgan fingerprint density at radius 1 is 0.302 bits per heavy atom. The molecule has 63 heavy (non-hydrogen) atoms. The summed E-state index contributed by atoms with van der Waals surface area (Å²) in [6.45, 7) is 0. The fourth-order valence-corrected chi connectivity index (χ4v) is 9.37. The van der Waals surface area contributed by atoms with Crippen LogP contribution in [0.4, 0.5) is 0 Å². The minimum absolute atomic E-state index is 0.583. The lowest BCUT2D eigenvalue weighted by Gasteiger charge is -2.09. The SMILES string of the molecule is c1ccc(-c2ccc3c(c2)c2ccccc2n3-c2ccc3c(c2)oc2cccc(-c4ccc5oc6cccc(-c7nc(-c8ccccc8)nc(-c8ccccc8)n7)c6c5c4)c23)cc1. The maximum Gasteiger partial charge on any atom is 0.164 e. The van der Waals surface area contributed by atoms with Gasteiger partial charge in [0.1, 0.15) is 22.3 Å². The van der Waals surface area contributed by atoms with Crippen LogP contribution in [0, 0.1) is 0 Å². The number of hydrogen-bond donors (Lipinski definition) is 0. The number of aromatic nitrogens is 4. The van der Waals surface area contributed by atoms with Gasteiger partial charge in [-0.25, -0.2) is 15.0 Å². The van der Waals surface area contributed by atoms with Crippen molar-refractivity contribution in [2.45, 2.75) is 0 Å². The second kappa shape index (κ2) is 14.0. The average molecular weight is 807 g/mol. The molecule has 4 heterocycles. The van der Waals surface area contributed by atoms with Crippen molar-refractivity contribution < 1.29 is 8.83 Å². The first-order valence-corrected chi connectivity index (χ1v) is 21.1. The molecule has 0 saturated heterocycles. The smallest absolute Gasteiger partial charge is 0.164 e. The van der Waals surface area contributed by atoms with Crippen molar-refractivity contribution >= 4 is 65.7 Å². The van der Waals surface area contributed by atoms with Gasteiger partial charge in [0.15, 0.2) is 17.5 Å². The average Bonchev–Trinajstić information content (AvgIpc) is 4.03. The Labute approximate surface area is 361 Å². The maximum atomic E-state index is 6.72. The summed E-state index contributed by atoms with van der Waals surface area (Å²) >= 11 is 0. The van der Waals surface area contributed by atoms with Crippen LogP contribution >= 0.6 is 0 Å². The highest BCUT2D eigenvalue weighted by atomic mass is 16.3. The largest absolute Gasteiger partial charge is 0.456 e. The van der Waals surface area contributed by atoms with Crippen molar-refractivity contribution in [3.05, 3.63) is 206 Å². The highest BCUT2D eigenvalue weighted by molar-refractivity contribution is 6.17. The number of furan rings is 2. The summed E-state index contributed by atoms with van der Waals surface area (Å²) in [7, 11) is 0. The van der Waals surface area contributed by atoms with Crippen LogP contribution in [0.1, 0.15) is 0 Å². The summed E-state index contributed by atoms with van der Waals surface area (Å²) in [5, 5.41) is 6.49. The molecular formula is C57H34N4O2. The van der Waals surface area contributed by atoms with Crippen molar-refractivity contribution in [1.29, 1.82) is 0 Å². The van der Waals surface area contributed by atoms with Gasteiger partial charge in [-0.15, -0.1) is 0 Å². The Bertz CT molecular complexity index is 3850. The van der Waals surface area contributed by atoms with Crippen molar-refractivity contribution in [1.82, 2.24) is 19.5 Å². The van der Waals surface area contributed by atoms with Crippen molar-refractivity contribution in [2.24, 2.45) is 0 Å². The van der Waals surface area contributed by atoms with Gasteiger partial charge in [-0.1, -0.05) is 146 Å². The van der Waals surface area contributed by atoms with Gasteiger partial charge in [-0.05, 0) is 76.9 Å². The van der Waals surface area contributed by atoms with Gasteiger partial charge in [-0.3, -0.25) is 0 Å². The van der Waals surface area contributed by atoms with E-state index in [1.165, 1.54) is 21.9 Å². The van der Waals surface area contributed by atoms with E-state index in [0.717, 1.165) is 88.4 Å². The minimum Gasteiger partial charge on any atom is -0.456 e. The first-order chi connectivity index (χ1) is 31.2. The fourth-order valence-electron chi connectivity index (χ4n) is 9.37. The van der Waals surface area contributed by atoms with Crippen LogP contribution in [-0.4, -0.2) is 19.5 Å². The molecule has 0 atom stereocenters. The number of hydrogen-bond acceptors (Lipinski definition) is 5. The quantitative estimate of drug-likeness (QED) is 0.167. The summed E-state index contributed by atoms with van der Waals surface area (Å²) < 4.78 is 15.6. The zero-order valence-corrected chi connectivity index (χ0v) is 33.7. The molecule has 0 aliphatic rings. The van der Waals surface area contributed by atoms with Gasteiger partial charge < -0.3 is 13.4 Å². The third-order valence-corrected chi connectivity index (χ3v) is 12.3. The zero-order valence-electron chi connectivity index (χ0n) is 33.7. The Balaban J connectivity index is 0.955. The molecule has 0 fully saturated rings. The lowest BCUT2D eigenvalue weighted by molar-refractivity contribution is 0.668. The normalized spacial score (nSPS) is 11.8. The third-order valence-electron chi connectivity index (χ3n) is 12.3. The van der Waals surface area contributed by atoms with Crippen LogP contribution < -0.4 is 0 Å². The summed E-state index contributed by atoms with van der Waals surface area (Å²) in [4.78, 5) is 15.1. The lowest BCUT2D eigenvalue weighted by atomic mass is 9.97. The number of nitrogens with zero attached hydrogens (tertiary/aromatic N) is 4. The Morgan fingerprint density at radius 2 is 0.873 bits per heavy atom. The molecule has 0 aliphatic heterocycles. The molecule has 0 amide bonds. The van der Waals surface area contributed by atoms with Crippen LogP contribution in [0.5, 0.6) is 0 Å². The Morgan fingerprint density at radius 3 is 1.60 bits per heavy atom. The first-order valence-electron chi connectivity index (χ1n) is 21.1. The topological polar surface area (TPSA) is 69.9 Å². The number of fused-ring (bicyclic) bond motifs is 9. The van der Waals surface area contributed by atoms with Crippen LogP contribution in [0.15, 0.2) is 215 Å². The summed E-state index contributed by atoms with van der Waals surface area (Å²) in [6.07, 6.45) is 0. The van der Waals surface area contributed by atoms with E-state index in [9.17, 15) is 0 Å². The Kier molecular flexibility index (Phi) is 7.80. The molecule has 6 nitrogen and oxygen atoms in total. The molecule has 0 unspecified atom stereocenters. The number of benzene rings is 9. The standard InChI is InChI=1S/C57H34N4O2/c1-4-14-35(15-5-1)38-26-30-48-45(32-38)42-20-10-11-23-47(42)61(48)40-28-29-43-52(34-40)63-50-24-12-21-41(53(43)50)39-27-31-49-46(33-39)54-44(22-13-25-51(54)62-49)57-59-55(36-16-6-2-7-17-36)58-56(60-57)37-18-8-3-9-19-37/h1-34H. The molecule has 0 spiro atoms. The maximum absolute atomic E-state index is 6.72. The van der Waals surface area contributed by atoms with Gasteiger partial charge >= 0.3 is 0 Å². The van der Waals surface area contributed by atoms with Crippen molar-refractivity contribution in [3.8, 4) is 62.1 Å². The van der Waals surface area contributed by atoms with Crippen molar-refractivity contribution in [2.75, 3.05) is 0 Å². The third kappa shape index (κ3) is 5.69. The molecule has 13 rings (SSSR count). The van der Waals surface area contributed by atoms with Crippen LogP contribution in [0.2, 0.25) is 0 Å². The van der Waals surface area contributed by atoms with E-state index in [4.69, 9.17) is 23.8 Å². The van der Waals surface area contributed by atoms with Gasteiger partial charge in [0.05, 0.1) is 11.0 Å². The monoisotopic (exact) mass is 806 g/mol. The van der Waals surface area contributed by atoms with Crippen molar-refractivity contribution in [3.63, 3.8) is 0 Å². The van der Waals surface area contributed by atoms with Crippen LogP contribution in [-0.2, 0) is 0 Å². The number of para-hydroxylation sites is 1. The molecule has 294 valence electrons. The summed E-state index contributed by atoms with van der Waals surface area (Å²) in [5.74, 6) is 1.81. The van der Waals surface area contributed by atoms with E-state index in [2.05, 4.69) is 138 Å². The van der Waals surface area contributed by atoms with E-state index in [0.29, 0.717) is 17.5 Å². The predicted molar refractivity (Wildman–Crippen MR) is 256 cm³/mol. The lowest BCUT2D eigenvalue weighted by Crippen LogP contribution is -2.00.